The molecule has 14 atom stereocenters. The summed E-state index contributed by atoms with van der Waals surface area (Å²) in [6.07, 6.45) is 1.08. The molecule has 2 aliphatic heterocycles. The van der Waals surface area contributed by atoms with Crippen LogP contribution in [0.2, 0.25) is 0 Å². The predicted molar refractivity (Wildman–Crippen MR) is 526 cm³/mol. The number of benzene rings is 3. The highest BCUT2D eigenvalue weighted by molar-refractivity contribution is 8.76. The molecule has 772 valence electrons. The van der Waals surface area contributed by atoms with Gasteiger partial charge in [-0.1, -0.05) is 64.1 Å². The average molecular weight is 2000 g/mol. The van der Waals surface area contributed by atoms with Crippen molar-refractivity contribution >= 4 is 145 Å². The second-order valence-corrected chi connectivity index (χ2v) is 36.5. The summed E-state index contributed by atoms with van der Waals surface area (Å²) in [5.74, 6) is -17.5. The van der Waals surface area contributed by atoms with E-state index < -0.39 is 209 Å². The lowest BCUT2D eigenvalue weighted by molar-refractivity contribution is -0.142. The van der Waals surface area contributed by atoms with Gasteiger partial charge in [-0.2, -0.15) is 0 Å². The first-order chi connectivity index (χ1) is 66.9. The van der Waals surface area contributed by atoms with E-state index in [9.17, 15) is 29.7 Å². The summed E-state index contributed by atoms with van der Waals surface area (Å²) in [6, 6.07) is -5.36. The molecule has 3 aromatic carbocycles. The fourth-order valence-electron chi connectivity index (χ4n) is 15.4. The molecule has 6 rings (SSSR count). The van der Waals surface area contributed by atoms with Crippen LogP contribution in [0.1, 0.15) is 152 Å². The van der Waals surface area contributed by atoms with Crippen LogP contribution >= 0.6 is 21.6 Å². The molecule has 50 nitrogen and oxygen atoms in total. The summed E-state index contributed by atoms with van der Waals surface area (Å²) in [7, 11) is 1.52. The van der Waals surface area contributed by atoms with Crippen molar-refractivity contribution in [1.82, 2.24) is 100 Å². The number of hydrogen-bond acceptors (Lipinski definition) is 27. The fraction of sp³-hybridized carbons (Fsp3) is 0.557. The first kappa shape index (κ1) is 115. The van der Waals surface area contributed by atoms with Gasteiger partial charge in [0, 0.05) is 87.1 Å². The fourth-order valence-corrected chi connectivity index (χ4v) is 17.7. The minimum atomic E-state index is -1.89. The van der Waals surface area contributed by atoms with Crippen molar-refractivity contribution in [3.63, 3.8) is 0 Å². The molecule has 2 fully saturated rings. The number of para-hydroxylation sites is 1. The van der Waals surface area contributed by atoms with E-state index in [1.165, 1.54) is 53.4 Å². The third-order valence-electron chi connectivity index (χ3n) is 22.9. The van der Waals surface area contributed by atoms with E-state index in [1.807, 2.05) is 0 Å². The summed E-state index contributed by atoms with van der Waals surface area (Å²) >= 11 is 0. The van der Waals surface area contributed by atoms with Gasteiger partial charge in [0.15, 0.2) is 23.8 Å². The molecule has 0 spiro atoms. The van der Waals surface area contributed by atoms with Gasteiger partial charge in [-0.25, -0.2) is 9.59 Å². The van der Waals surface area contributed by atoms with E-state index >= 15 is 57.5 Å². The zero-order valence-electron chi connectivity index (χ0n) is 78.3. The number of aromatic hydroxyl groups is 2. The summed E-state index contributed by atoms with van der Waals surface area (Å²) < 4.78 is 0. The number of aromatic nitrogens is 1. The second kappa shape index (κ2) is 61.6. The standard InChI is InChI=1S/C88H140N32O18S2/c89-34-6-3-18-57-73(126)113-62(20-5-8-36-91)82(135)120-42-14-25-69(120)81(134)117-65(44-50-28-32-53(122)33-29-50)77(130)112-61(23-12-40-105-87(99)100)72(125)110-58(19-4-7-35-90)75(128)118-67(79(132)114-63(83(136)137)24-13-41-106-88(101)138)47-139-140-48-68(80(133)115-64(43-49-26-30-52(121)31-27-49)76(129)111-60(71(124)109-57)22-11-39-104-86(97)98)119-78(131)66(45-51-46-107-56-17-2-1-15-54(51)56)116-74(127)59(21-10-38-103-85(95)96)108-70(123)55(92)16-9-37-102-84(93)94/h1-2,15,17,26-33,46,55,57-69,107,121-122H,3-14,16,18-25,34-45,47-48,89-92H2,(H,108,123)(H,109,124)(H,110,125)(H,111,129)(H,112,130)(H,113,126)(H,114,132)(H,115,133)(H,116,127)(H,117,134)(H,118,128)(H,119,131)(H,136,137)(H4,93,94,102)(H4,95,96,103)(H4,97,98,104)(H4,99,100,105)(H3,101,106,138)/t55-,57-,58-,59-,60-,61-,62+,63-,64-,65-,66-,67-,68-,69-/m0/s1. The lowest BCUT2D eigenvalue weighted by Crippen LogP contribution is -2.61. The van der Waals surface area contributed by atoms with Crippen molar-refractivity contribution in [3.8, 4) is 11.5 Å². The Hall–Kier alpha value is -13.7. The van der Waals surface area contributed by atoms with Crippen LogP contribution in [0.5, 0.6) is 11.5 Å². The molecule has 0 bridgehead atoms. The molecule has 1 aromatic heterocycles. The zero-order valence-corrected chi connectivity index (χ0v) is 79.9. The molecule has 0 saturated carbocycles. The minimum absolute atomic E-state index is 0.00240. The van der Waals surface area contributed by atoms with Gasteiger partial charge in [-0.05, 0) is 201 Å². The second-order valence-electron chi connectivity index (χ2n) is 34.0. The number of nitrogens with two attached hydrogens (primary N) is 9. The Morgan fingerprint density at radius 2 is 0.857 bits per heavy atom. The third-order valence-corrected chi connectivity index (χ3v) is 25.3. The molecule has 140 heavy (non-hydrogen) atoms. The Balaban J connectivity index is 1.60. The Morgan fingerprint density at radius 3 is 1.34 bits per heavy atom. The first-order valence-electron chi connectivity index (χ1n) is 46.6. The quantitative estimate of drug-likeness (QED) is 0.00848. The van der Waals surface area contributed by atoms with Gasteiger partial charge in [-0.15, -0.1) is 0 Å². The molecule has 3 heterocycles. The van der Waals surface area contributed by atoms with Crippen molar-refractivity contribution in [3.05, 3.63) is 95.7 Å². The van der Waals surface area contributed by atoms with Gasteiger partial charge in [-0.3, -0.25) is 84.0 Å². The topological polar surface area (TPSA) is 870 Å². The number of nitrogens with zero attached hydrogens (tertiary/aromatic N) is 1. The first-order valence-corrected chi connectivity index (χ1v) is 49.1. The van der Waals surface area contributed by atoms with Gasteiger partial charge in [0.05, 0.1) is 6.04 Å². The number of aromatic amines is 1. The van der Waals surface area contributed by atoms with Crippen LogP contribution < -0.4 is 142 Å². The highest BCUT2D eigenvalue weighted by Gasteiger charge is 2.43. The maximum absolute atomic E-state index is 16.0. The van der Waals surface area contributed by atoms with Crippen LogP contribution in [0, 0.1) is 21.6 Å². The molecule has 52 heteroatoms. The Labute approximate surface area is 818 Å². The van der Waals surface area contributed by atoms with Crippen molar-refractivity contribution in [1.29, 1.82) is 21.6 Å². The van der Waals surface area contributed by atoms with Gasteiger partial charge in [0.1, 0.15) is 90.0 Å². The number of H-pyrrole nitrogens is 1. The van der Waals surface area contributed by atoms with Gasteiger partial charge in [0.2, 0.25) is 76.8 Å². The number of guanidine groups is 4. The van der Waals surface area contributed by atoms with Crippen molar-refractivity contribution in [2.24, 2.45) is 51.6 Å². The molecule has 43 N–H and O–H groups in total. The Kier molecular flexibility index (Phi) is 50.6. The number of hydrogen-bond donors (Lipinski definition) is 34. The summed E-state index contributed by atoms with van der Waals surface area (Å²) in [4.78, 5) is 228. The number of unbranched alkanes of at least 4 members (excludes halogenated alkanes) is 3. The zero-order chi connectivity index (χ0) is 103. The van der Waals surface area contributed by atoms with Crippen molar-refractivity contribution < 1.29 is 87.2 Å². The largest absolute Gasteiger partial charge is 0.508 e. The smallest absolute Gasteiger partial charge is 0.326 e. The lowest BCUT2D eigenvalue weighted by atomic mass is 10.0. The monoisotopic (exact) mass is 2000 g/mol. The van der Waals surface area contributed by atoms with E-state index in [4.69, 9.17) is 73.2 Å². The normalized spacial score (nSPS) is 20.5. The van der Waals surface area contributed by atoms with Crippen LogP contribution in [0.3, 0.4) is 0 Å². The van der Waals surface area contributed by atoms with Crippen LogP contribution in [0.25, 0.3) is 10.9 Å². The van der Waals surface area contributed by atoms with E-state index in [1.54, 1.807) is 30.5 Å². The summed E-state index contributed by atoms with van der Waals surface area (Å²) in [6.45, 7) is 0.252. The number of carboxylic acid groups (broad SMARTS) is 1. The van der Waals surface area contributed by atoms with E-state index in [-0.39, 0.29) is 217 Å². The summed E-state index contributed by atoms with van der Waals surface area (Å²) in [5.41, 5.74) is 53.7. The molecule has 4 aromatic rings. The lowest BCUT2D eigenvalue weighted by Gasteiger charge is -2.31. The number of nitrogens with one attached hydrogen (secondary N) is 22. The number of fused-ring (bicyclic) bond motifs is 2. The summed E-state index contributed by atoms with van der Waals surface area (Å²) in [5, 5.41) is 109. The van der Waals surface area contributed by atoms with Crippen molar-refractivity contribution in [2.45, 2.75) is 239 Å². The number of phenols is 2. The van der Waals surface area contributed by atoms with E-state index in [0.29, 0.717) is 34.9 Å². The molecule has 2 aliphatic rings. The number of primary amides is 1. The van der Waals surface area contributed by atoms with Crippen LogP contribution in [0.4, 0.5) is 4.79 Å². The average Bonchev–Trinajstić information content (AvgIpc) is 1.65. The Bertz CT molecular complexity index is 4810. The highest BCUT2D eigenvalue weighted by Crippen LogP contribution is 2.27. The number of carbonyl (C=O) groups excluding carboxylic acids is 14. The van der Waals surface area contributed by atoms with Gasteiger partial charge in [0.25, 0.3) is 0 Å². The maximum atomic E-state index is 16.0. The number of carboxylic acids is 1. The maximum Gasteiger partial charge on any atom is 0.326 e. The molecule has 2 saturated heterocycles. The number of phenolic OH excluding ortho intramolecular Hbond substituents is 2. The number of carbonyl (C=O) groups is 15. The molecular formula is C88H140N32O18S2. The highest BCUT2D eigenvalue weighted by atomic mass is 33.1. The Morgan fingerprint density at radius 1 is 0.443 bits per heavy atom. The molecular weight excluding hydrogens is 1860 g/mol. The minimum Gasteiger partial charge on any atom is -0.508 e. The number of aliphatic carboxylic acids is 1. The van der Waals surface area contributed by atoms with Crippen LogP contribution in [-0.4, -0.2) is 293 Å². The van der Waals surface area contributed by atoms with E-state index in [0.717, 1.165) is 21.6 Å². The third kappa shape index (κ3) is 41.5. The molecule has 15 amide bonds. The molecule has 0 aliphatic carbocycles. The van der Waals surface area contributed by atoms with Gasteiger partial charge < -0.3 is 167 Å². The molecule has 0 radical (unpaired) electrons. The SMILES string of the molecule is N=C(N)NCCC[C@@H]1NC(=O)[C@H](Cc2ccc(O)cc2)NC(=O)[C@@H](NC(=O)[C@H](Cc2c[nH]c3ccccc23)NC(=O)[C@H](CCCNC(=N)N)NC(=O)[C@@H](N)CCCNC(=N)N)CSSC[C@@H](C(=O)N[C@@H](CCCNC(N)=O)C(=O)O)NC(=O)[C@H](CCCCN)NC(=O)[C@H](CCCNC(=N)N)NC(=O)[C@H](Cc2ccc(O)cc2)NC(=O)[C@@H]2CCCN2C(=O)[C@@H](CCCCN)NC(=O)[C@H](CCCCN)NC1=O. The van der Waals surface area contributed by atoms with Crippen LogP contribution in [0.15, 0.2) is 79.0 Å². The van der Waals surface area contributed by atoms with Crippen LogP contribution in [-0.2, 0) is 86.4 Å². The van der Waals surface area contributed by atoms with E-state index in [2.05, 4.69) is 95.4 Å². The number of amides is 15. The number of urea groups is 1. The predicted octanol–water partition coefficient (Wildman–Crippen LogP) is -5.89. The van der Waals surface area contributed by atoms with Gasteiger partial charge >= 0.3 is 12.0 Å². The molecule has 0 unspecified atom stereocenters. The van der Waals surface area contributed by atoms with Crippen molar-refractivity contribution in [2.75, 3.05) is 70.4 Å². The number of rotatable bonds is 47.